The van der Waals surface area contributed by atoms with Crippen LogP contribution in [0.15, 0.2) is 69.6 Å². The zero-order chi connectivity index (χ0) is 22.8. The highest BCUT2D eigenvalue weighted by Gasteiger charge is 2.33. The Kier molecular flexibility index (Phi) is 6.30. The number of thiazole rings is 1. The molecule has 1 atom stereocenters. The molecule has 0 amide bonds. The SMILES string of the molecule is CCOC(=O)C1=C(C)N=c2s/c(=C/c3cccc(Cl)c3)c(=O)n2[C@@H]1c1ccc(OC)cc1. The molecule has 164 valence electrons. The third kappa shape index (κ3) is 4.13. The number of fused-ring (bicyclic) bond motifs is 1. The molecule has 0 unspecified atom stereocenters. The van der Waals surface area contributed by atoms with Gasteiger partial charge in [-0.25, -0.2) is 9.79 Å². The van der Waals surface area contributed by atoms with Gasteiger partial charge in [-0.1, -0.05) is 47.2 Å². The van der Waals surface area contributed by atoms with Gasteiger partial charge in [0.2, 0.25) is 0 Å². The molecule has 4 rings (SSSR count). The van der Waals surface area contributed by atoms with E-state index in [-0.39, 0.29) is 12.2 Å². The average molecular weight is 469 g/mol. The van der Waals surface area contributed by atoms with Crippen LogP contribution in [0.5, 0.6) is 5.75 Å². The van der Waals surface area contributed by atoms with Crippen LogP contribution in [0.3, 0.4) is 0 Å². The number of hydrogen-bond acceptors (Lipinski definition) is 6. The molecule has 0 spiro atoms. The van der Waals surface area contributed by atoms with E-state index >= 15 is 0 Å². The molecule has 0 radical (unpaired) electrons. The lowest BCUT2D eigenvalue weighted by Crippen LogP contribution is -2.39. The summed E-state index contributed by atoms with van der Waals surface area (Å²) in [5.41, 5.74) is 2.21. The lowest BCUT2D eigenvalue weighted by molar-refractivity contribution is -0.139. The van der Waals surface area contributed by atoms with Crippen molar-refractivity contribution in [3.05, 3.63) is 95.6 Å². The standard InChI is InChI=1S/C24H21ClN2O4S/c1-4-31-23(29)20-14(2)26-24-27(21(20)16-8-10-18(30-3)11-9-16)22(28)19(32-24)13-15-6-5-7-17(25)12-15/h5-13,21H,4H2,1-3H3/b19-13+/t21-/m1/s1. The Morgan fingerprint density at radius 3 is 2.66 bits per heavy atom. The number of esters is 1. The molecule has 32 heavy (non-hydrogen) atoms. The maximum atomic E-state index is 13.5. The first-order valence-electron chi connectivity index (χ1n) is 10.0. The molecule has 8 heteroatoms. The molecule has 0 N–H and O–H groups in total. The average Bonchev–Trinajstić information content (AvgIpc) is 3.07. The van der Waals surface area contributed by atoms with E-state index in [2.05, 4.69) is 4.99 Å². The number of carbonyl (C=O) groups excluding carboxylic acids is 1. The highest BCUT2D eigenvalue weighted by Crippen LogP contribution is 2.31. The number of allylic oxidation sites excluding steroid dienone is 1. The lowest BCUT2D eigenvalue weighted by Gasteiger charge is -2.24. The Hall–Kier alpha value is -3.16. The second-order valence-corrected chi connectivity index (χ2v) is 8.58. The summed E-state index contributed by atoms with van der Waals surface area (Å²) in [6.45, 7) is 3.73. The van der Waals surface area contributed by atoms with Crippen LogP contribution in [0, 0.1) is 0 Å². The molecule has 0 saturated heterocycles. The van der Waals surface area contributed by atoms with Gasteiger partial charge in [0, 0.05) is 5.02 Å². The lowest BCUT2D eigenvalue weighted by atomic mass is 9.96. The maximum absolute atomic E-state index is 13.5. The topological polar surface area (TPSA) is 69.9 Å². The summed E-state index contributed by atoms with van der Waals surface area (Å²) < 4.78 is 12.6. The maximum Gasteiger partial charge on any atom is 0.338 e. The highest BCUT2D eigenvalue weighted by atomic mass is 35.5. The number of nitrogens with zero attached hydrogens (tertiary/aromatic N) is 2. The van der Waals surface area contributed by atoms with E-state index in [0.717, 1.165) is 11.1 Å². The van der Waals surface area contributed by atoms with Gasteiger partial charge in [-0.15, -0.1) is 0 Å². The van der Waals surface area contributed by atoms with Crippen LogP contribution in [0.25, 0.3) is 6.08 Å². The number of benzene rings is 2. The molecule has 0 fully saturated rings. The normalized spacial score (nSPS) is 15.9. The van der Waals surface area contributed by atoms with Gasteiger partial charge in [-0.3, -0.25) is 9.36 Å². The quantitative estimate of drug-likeness (QED) is 0.538. The fourth-order valence-electron chi connectivity index (χ4n) is 3.64. The third-order valence-electron chi connectivity index (χ3n) is 5.10. The van der Waals surface area contributed by atoms with Crippen LogP contribution >= 0.6 is 22.9 Å². The van der Waals surface area contributed by atoms with E-state index in [1.165, 1.54) is 11.3 Å². The number of hydrogen-bond donors (Lipinski definition) is 0. The van der Waals surface area contributed by atoms with Crippen molar-refractivity contribution in [1.82, 2.24) is 4.57 Å². The van der Waals surface area contributed by atoms with Gasteiger partial charge < -0.3 is 9.47 Å². The van der Waals surface area contributed by atoms with E-state index in [1.807, 2.05) is 24.3 Å². The Morgan fingerprint density at radius 1 is 1.25 bits per heavy atom. The second-order valence-electron chi connectivity index (χ2n) is 7.13. The predicted molar refractivity (Wildman–Crippen MR) is 125 cm³/mol. The van der Waals surface area contributed by atoms with Crippen LogP contribution in [0.4, 0.5) is 0 Å². The molecular weight excluding hydrogens is 448 g/mol. The molecule has 1 aliphatic heterocycles. The van der Waals surface area contributed by atoms with Crippen LogP contribution in [0.2, 0.25) is 5.02 Å². The van der Waals surface area contributed by atoms with Gasteiger partial charge >= 0.3 is 5.97 Å². The van der Waals surface area contributed by atoms with Crippen molar-refractivity contribution in [3.63, 3.8) is 0 Å². The number of rotatable bonds is 5. The van der Waals surface area contributed by atoms with Crippen molar-refractivity contribution in [3.8, 4) is 5.75 Å². The van der Waals surface area contributed by atoms with Gasteiger partial charge in [0.1, 0.15) is 5.75 Å². The molecular formula is C24H21ClN2O4S. The van der Waals surface area contributed by atoms with E-state index in [0.29, 0.717) is 31.4 Å². The van der Waals surface area contributed by atoms with Crippen LogP contribution in [-0.4, -0.2) is 24.3 Å². The minimum atomic E-state index is -0.655. The molecule has 3 aromatic rings. The zero-order valence-corrected chi connectivity index (χ0v) is 19.4. The van der Waals surface area contributed by atoms with Gasteiger partial charge in [-0.05, 0) is 55.3 Å². The van der Waals surface area contributed by atoms with Crippen molar-refractivity contribution in [2.75, 3.05) is 13.7 Å². The first-order valence-corrected chi connectivity index (χ1v) is 11.2. The fraction of sp³-hybridized carbons (Fsp3) is 0.208. The Bertz CT molecular complexity index is 1390. The number of methoxy groups -OCH3 is 1. The van der Waals surface area contributed by atoms with Crippen molar-refractivity contribution < 1.29 is 14.3 Å². The molecule has 1 aromatic heterocycles. The van der Waals surface area contributed by atoms with Gasteiger partial charge in [0.15, 0.2) is 4.80 Å². The number of carbonyl (C=O) groups is 1. The molecule has 0 saturated carbocycles. The first-order chi connectivity index (χ1) is 15.4. The van der Waals surface area contributed by atoms with Crippen molar-refractivity contribution in [2.24, 2.45) is 4.99 Å². The van der Waals surface area contributed by atoms with E-state index in [1.54, 1.807) is 55.9 Å². The molecule has 0 aliphatic carbocycles. The smallest absolute Gasteiger partial charge is 0.338 e. The molecule has 0 bridgehead atoms. The monoisotopic (exact) mass is 468 g/mol. The molecule has 2 aromatic carbocycles. The van der Waals surface area contributed by atoms with Crippen LogP contribution < -0.4 is 19.6 Å². The fourth-order valence-corrected chi connectivity index (χ4v) is 4.89. The zero-order valence-electron chi connectivity index (χ0n) is 17.8. The number of halogens is 1. The van der Waals surface area contributed by atoms with E-state index in [4.69, 9.17) is 21.1 Å². The summed E-state index contributed by atoms with van der Waals surface area (Å²) in [6, 6.07) is 13.9. The molecule has 1 aliphatic rings. The largest absolute Gasteiger partial charge is 0.497 e. The van der Waals surface area contributed by atoms with E-state index < -0.39 is 12.0 Å². The van der Waals surface area contributed by atoms with Crippen LogP contribution in [-0.2, 0) is 9.53 Å². The minimum Gasteiger partial charge on any atom is -0.497 e. The van der Waals surface area contributed by atoms with E-state index in [9.17, 15) is 9.59 Å². The van der Waals surface area contributed by atoms with Gasteiger partial charge in [0.05, 0.1) is 35.6 Å². The number of aromatic nitrogens is 1. The Labute approximate surface area is 193 Å². The first kappa shape index (κ1) is 22.0. The predicted octanol–water partition coefficient (Wildman–Crippen LogP) is 3.46. The summed E-state index contributed by atoms with van der Waals surface area (Å²) in [5, 5.41) is 0.586. The van der Waals surface area contributed by atoms with Crippen molar-refractivity contribution in [2.45, 2.75) is 19.9 Å². The van der Waals surface area contributed by atoms with Gasteiger partial charge in [0.25, 0.3) is 5.56 Å². The summed E-state index contributed by atoms with van der Waals surface area (Å²) >= 11 is 7.37. The summed E-state index contributed by atoms with van der Waals surface area (Å²) in [6.07, 6.45) is 1.78. The van der Waals surface area contributed by atoms with Crippen molar-refractivity contribution in [1.29, 1.82) is 0 Å². The Morgan fingerprint density at radius 2 is 2.00 bits per heavy atom. The summed E-state index contributed by atoms with van der Waals surface area (Å²) in [7, 11) is 1.59. The van der Waals surface area contributed by atoms with Crippen LogP contribution in [0.1, 0.15) is 31.0 Å². The Balaban J connectivity index is 1.94. The van der Waals surface area contributed by atoms with Gasteiger partial charge in [-0.2, -0.15) is 0 Å². The highest BCUT2D eigenvalue weighted by molar-refractivity contribution is 7.07. The number of ether oxygens (including phenoxy) is 2. The second kappa shape index (κ2) is 9.14. The van der Waals surface area contributed by atoms with Crippen molar-refractivity contribution >= 4 is 35.0 Å². The summed E-state index contributed by atoms with van der Waals surface area (Å²) in [4.78, 5) is 31.5. The third-order valence-corrected chi connectivity index (χ3v) is 6.31. The molecule has 6 nitrogen and oxygen atoms in total. The molecule has 2 heterocycles. The summed E-state index contributed by atoms with van der Waals surface area (Å²) in [5.74, 6) is 0.194. The minimum absolute atomic E-state index is 0.226.